The highest BCUT2D eigenvalue weighted by molar-refractivity contribution is 7.26. The van der Waals surface area contributed by atoms with E-state index in [4.69, 9.17) is 11.1 Å². The molecule has 0 amide bonds. The van der Waals surface area contributed by atoms with E-state index in [0.29, 0.717) is 13.1 Å². The van der Waals surface area contributed by atoms with E-state index < -0.39 is 0 Å². The van der Waals surface area contributed by atoms with Crippen molar-refractivity contribution in [3.8, 4) is 19.5 Å². The number of thiophene rings is 3. The van der Waals surface area contributed by atoms with E-state index in [0.717, 1.165) is 38.5 Å². The normalized spacial score (nSPS) is 10.5. The van der Waals surface area contributed by atoms with E-state index in [1.54, 1.807) is 0 Å². The molecule has 6 nitrogen and oxygen atoms in total. The van der Waals surface area contributed by atoms with Crippen molar-refractivity contribution in [1.29, 1.82) is 0 Å². The Labute approximate surface area is 182 Å². The molecule has 0 fully saturated rings. The number of azide groups is 2. The summed E-state index contributed by atoms with van der Waals surface area (Å²) in [5, 5.41) is 7.17. The summed E-state index contributed by atoms with van der Waals surface area (Å²) in [4.78, 5) is 13.6. The molecule has 0 saturated heterocycles. The Hall–Kier alpha value is -2.28. The summed E-state index contributed by atoms with van der Waals surface area (Å²) in [5.41, 5.74) is 16.6. The van der Waals surface area contributed by atoms with Gasteiger partial charge >= 0.3 is 0 Å². The van der Waals surface area contributed by atoms with Crippen molar-refractivity contribution < 1.29 is 0 Å². The molecule has 3 heterocycles. The zero-order chi connectivity index (χ0) is 20.3. The Balaban J connectivity index is 1.54. The lowest BCUT2D eigenvalue weighted by Crippen LogP contribution is -1.83. The van der Waals surface area contributed by atoms with Crippen LogP contribution in [0, 0.1) is 0 Å². The fourth-order valence-corrected chi connectivity index (χ4v) is 6.23. The average Bonchev–Trinajstić information content (AvgIpc) is 3.47. The number of hydrogen-bond donors (Lipinski definition) is 0. The molecule has 0 spiro atoms. The van der Waals surface area contributed by atoms with Gasteiger partial charge in [0.05, 0.1) is 0 Å². The number of unbranched alkanes of at least 4 members (excludes halogenated alkanes) is 2. The van der Waals surface area contributed by atoms with Crippen LogP contribution in [0.2, 0.25) is 0 Å². The van der Waals surface area contributed by atoms with Crippen LogP contribution in [0.1, 0.15) is 35.4 Å². The summed E-state index contributed by atoms with van der Waals surface area (Å²) in [6.07, 6.45) is 6.06. The van der Waals surface area contributed by atoms with Gasteiger partial charge in [-0.25, -0.2) is 0 Å². The highest BCUT2D eigenvalue weighted by atomic mass is 32.1. The smallest absolute Gasteiger partial charge is 0.0449 e. The highest BCUT2D eigenvalue weighted by Gasteiger charge is 2.10. The minimum atomic E-state index is 0.583. The Morgan fingerprint density at radius 2 is 1.00 bits per heavy atom. The van der Waals surface area contributed by atoms with Crippen LogP contribution < -0.4 is 0 Å². The molecule has 0 aromatic carbocycles. The largest absolute Gasteiger partial charge is 0.139 e. The van der Waals surface area contributed by atoms with E-state index in [1.165, 1.54) is 29.3 Å². The van der Waals surface area contributed by atoms with Crippen molar-refractivity contribution in [3.05, 3.63) is 67.0 Å². The second-order valence-corrected chi connectivity index (χ2v) is 9.94. The molecule has 0 unspecified atom stereocenters. The standard InChI is InChI=1S/C20H22N6S3/c21-25-23-13-3-1-5-15-7-9-17(27-15)19-11-12-20(29-19)18-10-8-16(28-18)6-2-4-14-24-26-22/h7-12H,1-6,13-14H2. The maximum absolute atomic E-state index is 8.31. The van der Waals surface area contributed by atoms with Gasteiger partial charge in [-0.1, -0.05) is 10.2 Å². The first-order valence-electron chi connectivity index (χ1n) is 9.60. The Bertz CT molecular complexity index is 926. The number of hydrogen-bond acceptors (Lipinski definition) is 5. The average molecular weight is 443 g/mol. The molecule has 0 radical (unpaired) electrons. The lowest BCUT2D eigenvalue weighted by Gasteiger charge is -1.95. The van der Waals surface area contributed by atoms with Crippen molar-refractivity contribution in [2.45, 2.75) is 38.5 Å². The van der Waals surface area contributed by atoms with Gasteiger partial charge < -0.3 is 0 Å². The van der Waals surface area contributed by atoms with E-state index >= 15 is 0 Å². The van der Waals surface area contributed by atoms with Crippen LogP contribution >= 0.6 is 34.0 Å². The van der Waals surface area contributed by atoms with Crippen molar-refractivity contribution >= 4 is 34.0 Å². The van der Waals surface area contributed by atoms with E-state index in [2.05, 4.69) is 56.5 Å². The summed E-state index contributed by atoms with van der Waals surface area (Å²) in [6.45, 7) is 1.17. The van der Waals surface area contributed by atoms with Gasteiger partial charge in [-0.15, -0.1) is 34.0 Å². The third-order valence-corrected chi connectivity index (χ3v) is 8.17. The summed E-state index contributed by atoms with van der Waals surface area (Å²) in [6, 6.07) is 13.3. The summed E-state index contributed by atoms with van der Waals surface area (Å²) >= 11 is 5.56. The van der Waals surface area contributed by atoms with Gasteiger partial charge in [0.1, 0.15) is 0 Å². The first-order chi connectivity index (χ1) is 14.3. The summed E-state index contributed by atoms with van der Waals surface area (Å²) < 4.78 is 0. The van der Waals surface area contributed by atoms with Crippen LogP contribution in [0.25, 0.3) is 40.4 Å². The summed E-state index contributed by atoms with van der Waals surface area (Å²) in [5.74, 6) is 0. The zero-order valence-electron chi connectivity index (χ0n) is 16.0. The predicted octanol–water partition coefficient (Wildman–Crippen LogP) is 8.47. The van der Waals surface area contributed by atoms with Crippen LogP contribution in [0.5, 0.6) is 0 Å². The molecule has 0 saturated carbocycles. The van der Waals surface area contributed by atoms with Crippen molar-refractivity contribution in [2.24, 2.45) is 10.2 Å². The lowest BCUT2D eigenvalue weighted by molar-refractivity contribution is 0.748. The molecule has 0 bridgehead atoms. The number of aryl methyl sites for hydroxylation is 2. The quantitative estimate of drug-likeness (QED) is 0.116. The number of nitrogens with zero attached hydrogens (tertiary/aromatic N) is 6. The van der Waals surface area contributed by atoms with E-state index in [9.17, 15) is 0 Å². The van der Waals surface area contributed by atoms with Crippen molar-refractivity contribution in [3.63, 3.8) is 0 Å². The SMILES string of the molecule is [N-]=[N+]=NCCCCc1ccc(-c2ccc(-c3ccc(CCCCN=[N+]=[N-])s3)s2)s1. The minimum Gasteiger partial charge on any atom is -0.139 e. The zero-order valence-corrected chi connectivity index (χ0v) is 18.5. The molecule has 3 rings (SSSR count). The molecule has 0 aliphatic heterocycles. The third-order valence-electron chi connectivity index (χ3n) is 4.40. The second-order valence-electron chi connectivity index (χ2n) is 6.52. The number of rotatable bonds is 12. The van der Waals surface area contributed by atoms with E-state index in [-0.39, 0.29) is 0 Å². The molecule has 29 heavy (non-hydrogen) atoms. The van der Waals surface area contributed by atoms with Crippen LogP contribution in [-0.2, 0) is 12.8 Å². The fourth-order valence-electron chi connectivity index (χ4n) is 2.95. The maximum atomic E-state index is 8.31. The monoisotopic (exact) mass is 442 g/mol. The Morgan fingerprint density at radius 3 is 1.45 bits per heavy atom. The highest BCUT2D eigenvalue weighted by Crippen LogP contribution is 2.40. The van der Waals surface area contributed by atoms with Gasteiger partial charge in [-0.05, 0) is 86.0 Å². The molecule has 0 aliphatic rings. The topological polar surface area (TPSA) is 97.5 Å². The molecule has 0 aliphatic carbocycles. The first-order valence-corrected chi connectivity index (χ1v) is 12.0. The van der Waals surface area contributed by atoms with Crippen LogP contribution in [0.4, 0.5) is 0 Å². The van der Waals surface area contributed by atoms with Gasteiger partial charge in [0.2, 0.25) is 0 Å². The minimum absolute atomic E-state index is 0.583. The van der Waals surface area contributed by atoms with Crippen molar-refractivity contribution in [2.75, 3.05) is 13.1 Å². The summed E-state index contributed by atoms with van der Waals surface area (Å²) in [7, 11) is 0. The molecule has 3 aromatic heterocycles. The lowest BCUT2D eigenvalue weighted by atomic mass is 10.2. The van der Waals surface area contributed by atoms with Gasteiger partial charge in [-0.2, -0.15) is 0 Å². The molecule has 150 valence electrons. The molecule has 3 aromatic rings. The van der Waals surface area contributed by atoms with Crippen LogP contribution in [-0.4, -0.2) is 13.1 Å². The van der Waals surface area contributed by atoms with Gasteiger partial charge in [0.15, 0.2) is 0 Å². The molecular formula is C20H22N6S3. The van der Waals surface area contributed by atoms with Gasteiger partial charge in [0, 0.05) is 52.2 Å². The van der Waals surface area contributed by atoms with Gasteiger partial charge in [-0.3, -0.25) is 0 Å². The Morgan fingerprint density at radius 1 is 0.586 bits per heavy atom. The third kappa shape index (κ3) is 6.63. The second kappa shape index (κ2) is 11.7. The molecule has 9 heteroatoms. The van der Waals surface area contributed by atoms with Crippen molar-refractivity contribution in [1.82, 2.24) is 0 Å². The predicted molar refractivity (Wildman–Crippen MR) is 125 cm³/mol. The van der Waals surface area contributed by atoms with Crippen LogP contribution in [0.15, 0.2) is 46.6 Å². The van der Waals surface area contributed by atoms with Crippen LogP contribution in [0.3, 0.4) is 0 Å². The maximum Gasteiger partial charge on any atom is 0.0449 e. The molecular weight excluding hydrogens is 420 g/mol. The Kier molecular flexibility index (Phi) is 8.61. The van der Waals surface area contributed by atoms with E-state index in [1.807, 2.05) is 34.0 Å². The molecule has 0 atom stereocenters. The van der Waals surface area contributed by atoms with Gasteiger partial charge in [0.25, 0.3) is 0 Å². The molecule has 0 N–H and O–H groups in total. The first kappa shape index (κ1) is 21.4. The fraction of sp³-hybridized carbons (Fsp3) is 0.400.